The van der Waals surface area contributed by atoms with Gasteiger partial charge >= 0.3 is 0 Å². The van der Waals surface area contributed by atoms with Gasteiger partial charge in [0, 0.05) is 6.07 Å². The van der Waals surface area contributed by atoms with Crippen LogP contribution in [-0.4, -0.2) is 4.98 Å². The van der Waals surface area contributed by atoms with Crippen LogP contribution in [0.4, 0.5) is 4.39 Å². The van der Waals surface area contributed by atoms with Gasteiger partial charge in [-0.1, -0.05) is 47.6 Å². The Morgan fingerprint density at radius 3 is 1.56 bits per heavy atom. The summed E-state index contributed by atoms with van der Waals surface area (Å²) in [6.07, 6.45) is 0. The van der Waals surface area contributed by atoms with E-state index in [1.807, 2.05) is 4.98 Å². The Hall–Kier alpha value is -1.12. The number of aromatic nitrogens is 1. The Morgan fingerprint density at radius 1 is 1.00 bits per heavy atom. The Morgan fingerprint density at radius 2 is 1.38 bits per heavy atom. The van der Waals surface area contributed by atoms with E-state index in [2.05, 4.69) is 41.5 Å². The van der Waals surface area contributed by atoms with Crippen LogP contribution in [0.25, 0.3) is 0 Å². The highest BCUT2D eigenvalue weighted by molar-refractivity contribution is 4.91. The first kappa shape index (κ1) is 17.3. The number of hydrogen-bond donors (Lipinski definition) is 1. The van der Waals surface area contributed by atoms with E-state index in [0.717, 1.165) is 11.8 Å². The second-order valence-corrected chi connectivity index (χ2v) is 4.83. The summed E-state index contributed by atoms with van der Waals surface area (Å²) in [6.45, 7) is 13.0. The van der Waals surface area contributed by atoms with Crippen LogP contribution in [0.5, 0.6) is 0 Å². The fourth-order valence-corrected chi connectivity index (χ4v) is 0.421. The van der Waals surface area contributed by atoms with Crippen molar-refractivity contribution in [3.05, 3.63) is 34.5 Å². The van der Waals surface area contributed by atoms with Crippen LogP contribution in [0.15, 0.2) is 23.0 Å². The van der Waals surface area contributed by atoms with Crippen LogP contribution in [0, 0.1) is 17.8 Å². The van der Waals surface area contributed by atoms with Gasteiger partial charge in [0.05, 0.1) is 0 Å². The number of H-pyrrole nitrogens is 1. The molecule has 0 bridgehead atoms. The number of aromatic amines is 1. The highest BCUT2D eigenvalue weighted by Crippen LogP contribution is 1.82. The van der Waals surface area contributed by atoms with Gasteiger partial charge in [0.25, 0.3) is 0 Å². The maximum atomic E-state index is 11.9. The molecule has 0 saturated carbocycles. The van der Waals surface area contributed by atoms with Gasteiger partial charge in [-0.15, -0.1) is 0 Å². The van der Waals surface area contributed by atoms with E-state index in [-0.39, 0.29) is 0 Å². The monoisotopic (exact) mass is 229 g/mol. The van der Waals surface area contributed by atoms with Crippen LogP contribution < -0.4 is 5.56 Å². The Kier molecular flexibility index (Phi) is 11.2. The van der Waals surface area contributed by atoms with Gasteiger partial charge in [0.1, 0.15) is 0 Å². The van der Waals surface area contributed by atoms with Gasteiger partial charge in [-0.3, -0.25) is 9.78 Å². The lowest BCUT2D eigenvalue weighted by molar-refractivity contribution is 0.579. The summed E-state index contributed by atoms with van der Waals surface area (Å²) in [5.74, 6) is 1.07. The Labute approximate surface area is 97.9 Å². The van der Waals surface area contributed by atoms with E-state index in [1.54, 1.807) is 0 Å². The standard InChI is InChI=1S/C5H4FNO.2C4H10/c6-4-2-1-3-5(8)7-4;2*1-4(2)3/h1-3H,(H,7,8);2*4H,1-3H3. The SMILES string of the molecule is CC(C)C.CC(C)C.O=c1cccc(F)[nH]1. The predicted molar refractivity (Wildman–Crippen MR) is 68.0 cm³/mol. The molecule has 1 heterocycles. The highest BCUT2D eigenvalue weighted by Gasteiger charge is 1.83. The van der Waals surface area contributed by atoms with E-state index in [4.69, 9.17) is 0 Å². The second-order valence-electron chi connectivity index (χ2n) is 4.83. The molecule has 1 N–H and O–H groups in total. The van der Waals surface area contributed by atoms with Crippen molar-refractivity contribution in [2.24, 2.45) is 11.8 Å². The molecular weight excluding hydrogens is 205 g/mol. The average molecular weight is 229 g/mol. The van der Waals surface area contributed by atoms with Crippen LogP contribution >= 0.6 is 0 Å². The topological polar surface area (TPSA) is 32.9 Å². The fraction of sp³-hybridized carbons (Fsp3) is 0.615. The van der Waals surface area contributed by atoms with Crippen molar-refractivity contribution in [1.29, 1.82) is 0 Å². The Balaban J connectivity index is 0. The maximum Gasteiger partial charge on any atom is 0.250 e. The van der Waals surface area contributed by atoms with Crippen LogP contribution in [0.2, 0.25) is 0 Å². The van der Waals surface area contributed by atoms with Crippen molar-refractivity contribution < 1.29 is 4.39 Å². The molecule has 2 nitrogen and oxygen atoms in total. The molecule has 94 valence electrons. The largest absolute Gasteiger partial charge is 0.299 e. The minimum atomic E-state index is -0.600. The molecule has 0 aliphatic heterocycles. The van der Waals surface area contributed by atoms with Crippen molar-refractivity contribution in [2.75, 3.05) is 0 Å². The number of nitrogens with one attached hydrogen (secondary N) is 1. The predicted octanol–water partition coefficient (Wildman–Crippen LogP) is 3.84. The third kappa shape index (κ3) is 23.1. The molecule has 0 unspecified atom stereocenters. The lowest BCUT2D eigenvalue weighted by Gasteiger charge is -1.80. The molecule has 16 heavy (non-hydrogen) atoms. The summed E-state index contributed by atoms with van der Waals surface area (Å²) in [5.41, 5.74) is -0.412. The molecule has 3 heteroatoms. The molecule has 0 saturated heterocycles. The number of rotatable bonds is 0. The van der Waals surface area contributed by atoms with E-state index >= 15 is 0 Å². The average Bonchev–Trinajstić information content (AvgIpc) is 2.00. The maximum absolute atomic E-state index is 11.9. The zero-order valence-corrected chi connectivity index (χ0v) is 11.2. The molecule has 0 aliphatic carbocycles. The summed E-state index contributed by atoms with van der Waals surface area (Å²) in [5, 5.41) is 0. The molecule has 0 fully saturated rings. The molecule has 0 atom stereocenters. The second kappa shape index (κ2) is 10.4. The first-order valence-electron chi connectivity index (χ1n) is 5.60. The van der Waals surface area contributed by atoms with E-state index < -0.39 is 11.5 Å². The molecule has 0 aliphatic rings. The smallest absolute Gasteiger partial charge is 0.250 e. The Bertz CT molecular complexity index is 293. The number of hydrogen-bond acceptors (Lipinski definition) is 1. The fourth-order valence-electron chi connectivity index (χ4n) is 0.421. The lowest BCUT2D eigenvalue weighted by atomic mass is 10.3. The highest BCUT2D eigenvalue weighted by atomic mass is 19.1. The van der Waals surface area contributed by atoms with Gasteiger partial charge in [-0.05, 0) is 17.9 Å². The van der Waals surface area contributed by atoms with Gasteiger partial charge in [0.15, 0.2) is 5.95 Å². The third-order valence-corrected chi connectivity index (χ3v) is 0.733. The van der Waals surface area contributed by atoms with Gasteiger partial charge < -0.3 is 0 Å². The third-order valence-electron chi connectivity index (χ3n) is 0.733. The van der Waals surface area contributed by atoms with Crippen LogP contribution in [0.1, 0.15) is 41.5 Å². The summed E-state index contributed by atoms with van der Waals surface area (Å²) in [4.78, 5) is 12.1. The molecule has 1 aromatic rings. The van der Waals surface area contributed by atoms with Gasteiger partial charge in [0.2, 0.25) is 5.56 Å². The molecule has 1 rings (SSSR count). The molecule has 0 radical (unpaired) electrons. The summed E-state index contributed by atoms with van der Waals surface area (Å²) in [6, 6.07) is 3.79. The van der Waals surface area contributed by atoms with Crippen LogP contribution in [0.3, 0.4) is 0 Å². The molecular formula is C13H24FNO. The van der Waals surface area contributed by atoms with E-state index in [0.29, 0.717) is 0 Å². The van der Waals surface area contributed by atoms with Crippen molar-refractivity contribution in [3.8, 4) is 0 Å². The van der Waals surface area contributed by atoms with E-state index in [1.165, 1.54) is 18.2 Å². The molecule has 0 amide bonds. The lowest BCUT2D eigenvalue weighted by Crippen LogP contribution is -2.03. The number of halogens is 1. The minimum absolute atomic E-state index is 0.412. The quantitative estimate of drug-likeness (QED) is 0.674. The van der Waals surface area contributed by atoms with Crippen molar-refractivity contribution in [3.63, 3.8) is 0 Å². The van der Waals surface area contributed by atoms with Crippen molar-refractivity contribution in [2.45, 2.75) is 41.5 Å². The van der Waals surface area contributed by atoms with Gasteiger partial charge in [-0.2, -0.15) is 4.39 Å². The normalized spacial score (nSPS) is 9.06. The van der Waals surface area contributed by atoms with Gasteiger partial charge in [-0.25, -0.2) is 0 Å². The minimum Gasteiger partial charge on any atom is -0.299 e. The summed E-state index contributed by atoms with van der Waals surface area (Å²) < 4.78 is 11.9. The van der Waals surface area contributed by atoms with Crippen molar-refractivity contribution in [1.82, 2.24) is 4.98 Å². The first-order chi connectivity index (χ1) is 7.25. The zero-order valence-electron chi connectivity index (χ0n) is 11.2. The zero-order chi connectivity index (χ0) is 13.1. The molecule has 1 aromatic heterocycles. The molecule has 0 spiro atoms. The van der Waals surface area contributed by atoms with Crippen LogP contribution in [-0.2, 0) is 0 Å². The summed E-state index contributed by atoms with van der Waals surface area (Å²) in [7, 11) is 0. The number of pyridine rings is 1. The first-order valence-corrected chi connectivity index (χ1v) is 5.60. The van der Waals surface area contributed by atoms with Crippen molar-refractivity contribution >= 4 is 0 Å². The molecule has 0 aromatic carbocycles. The van der Waals surface area contributed by atoms with E-state index in [9.17, 15) is 9.18 Å². The summed E-state index contributed by atoms with van der Waals surface area (Å²) >= 11 is 0.